The fourth-order valence-corrected chi connectivity index (χ4v) is 14.4. The number of para-hydroxylation sites is 1. The van der Waals surface area contributed by atoms with Crippen LogP contribution >= 0.6 is 0 Å². The van der Waals surface area contributed by atoms with Crippen LogP contribution in [0.5, 0.6) is 0 Å². The lowest BCUT2D eigenvalue weighted by Crippen LogP contribution is -2.35. The third-order valence-electron chi connectivity index (χ3n) is 18.3. The fraction of sp³-hybridized carbons (Fsp3) is 0.0886. The molecule has 87 heavy (non-hydrogen) atoms. The SMILES string of the molecule is CC1(C)c2ccccc2-c2c1c1c3c(n(-c4ccc(C5=NC(c6ccccc6-c6ccccc6)=NC(c6ccccc6)N5)cc4C4=NC(c5ccccc5)NC(c5ccccc5)=N4)c1c1c4ccccc4n(-c4cccc5ccccc45)c21)C=CCC3. The van der Waals surface area contributed by atoms with E-state index in [1.807, 2.05) is 0 Å². The molecule has 2 aliphatic carbocycles. The van der Waals surface area contributed by atoms with Gasteiger partial charge in [-0.25, -0.2) is 20.0 Å². The van der Waals surface area contributed by atoms with Crippen molar-refractivity contribution in [2.45, 2.75) is 44.4 Å². The zero-order chi connectivity index (χ0) is 57.7. The summed E-state index contributed by atoms with van der Waals surface area (Å²) in [4.78, 5) is 22.3. The molecule has 8 heteroatoms. The van der Waals surface area contributed by atoms with Crippen molar-refractivity contribution in [1.82, 2.24) is 19.8 Å². The molecule has 4 heterocycles. The van der Waals surface area contributed by atoms with E-state index in [9.17, 15) is 0 Å². The number of benzene rings is 11. The van der Waals surface area contributed by atoms with Crippen LogP contribution in [0.2, 0.25) is 0 Å². The van der Waals surface area contributed by atoms with Crippen molar-refractivity contribution >= 4 is 72.9 Å². The summed E-state index contributed by atoms with van der Waals surface area (Å²) in [6, 6.07) is 91.1. The quantitative estimate of drug-likeness (QED) is 0.151. The van der Waals surface area contributed by atoms with Gasteiger partial charge in [0.25, 0.3) is 0 Å². The Kier molecular flexibility index (Phi) is 11.7. The number of amidine groups is 4. The largest absolute Gasteiger partial charge is 0.344 e. The number of aromatic nitrogens is 2. The van der Waals surface area contributed by atoms with Crippen LogP contribution in [-0.2, 0) is 11.8 Å². The Morgan fingerprint density at radius 1 is 0.448 bits per heavy atom. The molecule has 11 aromatic carbocycles. The van der Waals surface area contributed by atoms with Crippen LogP contribution in [0.3, 0.4) is 0 Å². The predicted octanol–water partition coefficient (Wildman–Crippen LogP) is 17.8. The number of aliphatic imine (C=N–C) groups is 4. The third-order valence-corrected chi connectivity index (χ3v) is 18.3. The molecule has 0 fully saturated rings. The number of hydrogen-bond donors (Lipinski definition) is 2. The van der Waals surface area contributed by atoms with E-state index < -0.39 is 12.3 Å². The number of rotatable bonds is 9. The van der Waals surface area contributed by atoms with Gasteiger partial charge in [0.1, 0.15) is 24.0 Å². The van der Waals surface area contributed by atoms with Gasteiger partial charge in [-0.05, 0) is 99.1 Å². The van der Waals surface area contributed by atoms with E-state index in [0.717, 1.165) is 80.1 Å². The number of allylic oxidation sites excluding steroid dienone is 1. The van der Waals surface area contributed by atoms with Crippen molar-refractivity contribution in [3.05, 3.63) is 317 Å². The van der Waals surface area contributed by atoms with Gasteiger partial charge in [0.2, 0.25) is 0 Å². The molecule has 2 aromatic heterocycles. The standard InChI is InChI=1S/C79H58N8/c1-79(2)62-42-22-19-39-58(62)67-70(79)68-59-40-20-23-43-64(59)87(72(68)69-60-41-21-24-44-65(60)86(71(67)69)63-45-25-35-50-28-15-16-37-56(50)63)66-47-46-54(48-61(66)78-83-73(51-29-9-4-10-30-51)80-74(84-78)52-31-11-5-12-32-52)76-81-75(53-33-13-6-14-34-53)82-77(85-76)57-38-18-17-36-55(57)49-26-7-3-8-27-49/h3-19,21-39,41-48,73,75H,20,40H2,1-2H3,(H,80,83,84)(H,81,82,85). The first kappa shape index (κ1) is 50.5. The lowest BCUT2D eigenvalue weighted by atomic mass is 9.79. The molecule has 2 aliphatic heterocycles. The molecule has 4 aliphatic rings. The van der Waals surface area contributed by atoms with E-state index in [-0.39, 0.29) is 5.41 Å². The minimum atomic E-state index is -0.450. The topological polar surface area (TPSA) is 83.4 Å². The monoisotopic (exact) mass is 1120 g/mol. The van der Waals surface area contributed by atoms with E-state index in [0.29, 0.717) is 17.5 Å². The number of aryl methyl sites for hydroxylation is 1. The van der Waals surface area contributed by atoms with Crippen LogP contribution in [0.15, 0.2) is 281 Å². The highest BCUT2D eigenvalue weighted by molar-refractivity contribution is 6.29. The maximum atomic E-state index is 5.71. The molecule has 2 N–H and O–H groups in total. The van der Waals surface area contributed by atoms with Gasteiger partial charge in [0, 0.05) is 60.5 Å². The second-order valence-corrected chi connectivity index (χ2v) is 23.6. The van der Waals surface area contributed by atoms with Gasteiger partial charge < -0.3 is 19.8 Å². The fourth-order valence-electron chi connectivity index (χ4n) is 14.4. The van der Waals surface area contributed by atoms with Gasteiger partial charge in [-0.2, -0.15) is 0 Å². The molecule has 0 bridgehead atoms. The molecule has 2 atom stereocenters. The lowest BCUT2D eigenvalue weighted by molar-refractivity contribution is 0.666. The van der Waals surface area contributed by atoms with Crippen molar-refractivity contribution in [3.8, 4) is 33.6 Å². The van der Waals surface area contributed by atoms with Crippen LogP contribution in [-0.4, -0.2) is 32.5 Å². The molecular weight excluding hydrogens is 1060 g/mol. The third kappa shape index (κ3) is 8.05. The zero-order valence-electron chi connectivity index (χ0n) is 48.2. The molecule has 0 saturated carbocycles. The Morgan fingerprint density at radius 2 is 1.02 bits per heavy atom. The molecule has 17 rings (SSSR count). The minimum Gasteiger partial charge on any atom is -0.344 e. The molecule has 8 nitrogen and oxygen atoms in total. The smallest absolute Gasteiger partial charge is 0.161 e. The molecular formula is C79H58N8. The molecule has 0 saturated heterocycles. The van der Waals surface area contributed by atoms with E-state index in [1.165, 1.54) is 71.5 Å². The van der Waals surface area contributed by atoms with Crippen LogP contribution < -0.4 is 10.6 Å². The summed E-state index contributed by atoms with van der Waals surface area (Å²) >= 11 is 0. The Hall–Kier alpha value is -11.0. The summed E-state index contributed by atoms with van der Waals surface area (Å²) < 4.78 is 5.18. The lowest BCUT2D eigenvalue weighted by Gasteiger charge is -2.27. The molecule has 0 amide bonds. The number of nitrogens with zero attached hydrogens (tertiary/aromatic N) is 6. The normalized spacial score (nSPS) is 16.6. The van der Waals surface area contributed by atoms with Crippen molar-refractivity contribution in [3.63, 3.8) is 0 Å². The molecule has 13 aromatic rings. The first-order valence-corrected chi connectivity index (χ1v) is 30.2. The highest BCUT2D eigenvalue weighted by Gasteiger charge is 2.43. The van der Waals surface area contributed by atoms with Gasteiger partial charge >= 0.3 is 0 Å². The van der Waals surface area contributed by atoms with Gasteiger partial charge in [0.05, 0.1) is 27.9 Å². The minimum absolute atomic E-state index is 0.360. The van der Waals surface area contributed by atoms with Crippen LogP contribution in [0.1, 0.15) is 88.4 Å². The highest BCUT2D eigenvalue weighted by atomic mass is 15.2. The van der Waals surface area contributed by atoms with Gasteiger partial charge in [0.15, 0.2) is 11.7 Å². The predicted molar refractivity (Wildman–Crippen MR) is 359 cm³/mol. The van der Waals surface area contributed by atoms with Crippen LogP contribution in [0, 0.1) is 0 Å². The Morgan fingerprint density at radius 3 is 1.75 bits per heavy atom. The second-order valence-electron chi connectivity index (χ2n) is 23.6. The molecule has 2 unspecified atom stereocenters. The number of hydrogen-bond acceptors (Lipinski definition) is 6. The average molecular weight is 1120 g/mol. The Bertz CT molecular complexity index is 5110. The molecule has 414 valence electrons. The maximum absolute atomic E-state index is 5.71. The summed E-state index contributed by atoms with van der Waals surface area (Å²) in [6.45, 7) is 4.89. The second kappa shape index (κ2) is 20.1. The van der Waals surface area contributed by atoms with E-state index in [1.54, 1.807) is 0 Å². The van der Waals surface area contributed by atoms with Gasteiger partial charge in [-0.15, -0.1) is 0 Å². The van der Waals surface area contributed by atoms with Gasteiger partial charge in [-0.1, -0.05) is 244 Å². The highest BCUT2D eigenvalue weighted by Crippen LogP contribution is 2.59. The average Bonchev–Trinajstić information content (AvgIpc) is 1.51. The van der Waals surface area contributed by atoms with Crippen molar-refractivity contribution in [2.75, 3.05) is 0 Å². The summed E-state index contributed by atoms with van der Waals surface area (Å²) in [5.74, 6) is 2.69. The molecule has 0 radical (unpaired) electrons. The molecule has 0 spiro atoms. The first-order valence-electron chi connectivity index (χ1n) is 30.2. The Labute approximate surface area is 504 Å². The van der Waals surface area contributed by atoms with Crippen molar-refractivity contribution in [1.29, 1.82) is 0 Å². The van der Waals surface area contributed by atoms with Gasteiger partial charge in [-0.3, -0.25) is 0 Å². The van der Waals surface area contributed by atoms with E-state index in [4.69, 9.17) is 20.0 Å². The van der Waals surface area contributed by atoms with E-state index in [2.05, 4.69) is 301 Å². The summed E-state index contributed by atoms with van der Waals surface area (Å²) in [5, 5.41) is 13.7. The van der Waals surface area contributed by atoms with Crippen molar-refractivity contribution < 1.29 is 0 Å². The van der Waals surface area contributed by atoms with E-state index >= 15 is 0 Å². The van der Waals surface area contributed by atoms with Crippen LogP contribution in [0.25, 0.3) is 83.2 Å². The first-order chi connectivity index (χ1) is 42.9. The van der Waals surface area contributed by atoms with Crippen LogP contribution in [0.4, 0.5) is 0 Å². The van der Waals surface area contributed by atoms with Crippen molar-refractivity contribution in [2.24, 2.45) is 20.0 Å². The summed E-state index contributed by atoms with van der Waals surface area (Å²) in [5.41, 5.74) is 21.0. The number of nitrogens with one attached hydrogen (secondary N) is 2. The maximum Gasteiger partial charge on any atom is 0.161 e. The summed E-state index contributed by atoms with van der Waals surface area (Å²) in [7, 11) is 0. The Balaban J connectivity index is 0.998. The number of fused-ring (bicyclic) bond motifs is 13. The zero-order valence-corrected chi connectivity index (χ0v) is 48.2. The summed E-state index contributed by atoms with van der Waals surface area (Å²) in [6.07, 6.45) is 5.68.